The van der Waals surface area contributed by atoms with E-state index in [1.165, 1.54) is 34.5 Å². The summed E-state index contributed by atoms with van der Waals surface area (Å²) in [4.78, 5) is 31.4. The lowest BCUT2D eigenvalue weighted by atomic mass is 10.0. The van der Waals surface area contributed by atoms with E-state index in [2.05, 4.69) is 77.7 Å². The van der Waals surface area contributed by atoms with Crippen molar-refractivity contribution >= 4 is 28.2 Å². The number of rotatable bonds is 7. The minimum Gasteiger partial charge on any atom is -0.462 e. The van der Waals surface area contributed by atoms with Crippen LogP contribution in [-0.4, -0.2) is 84.1 Å². The number of nitriles is 1. The first-order valence-corrected chi connectivity index (χ1v) is 15.5. The third-order valence-corrected chi connectivity index (χ3v) is 9.35. The third kappa shape index (κ3) is 5.89. The van der Waals surface area contributed by atoms with E-state index in [0.717, 1.165) is 49.4 Å². The highest BCUT2D eigenvalue weighted by Gasteiger charge is 2.33. The largest absolute Gasteiger partial charge is 0.462 e. The Morgan fingerprint density at radius 3 is 2.70 bits per heavy atom. The maximum atomic E-state index is 12.6. The Labute approximate surface area is 254 Å². The lowest BCUT2D eigenvalue weighted by Crippen LogP contribution is -2.55. The molecule has 1 aromatic heterocycles. The molecule has 0 saturated carbocycles. The molecule has 224 valence electrons. The molecule has 9 nitrogen and oxygen atoms in total. The maximum Gasteiger partial charge on any atom is 0.318 e. The molecule has 9 heteroatoms. The molecule has 4 heterocycles. The minimum absolute atomic E-state index is 0.132. The van der Waals surface area contributed by atoms with E-state index in [4.69, 9.17) is 14.7 Å². The van der Waals surface area contributed by atoms with Crippen LogP contribution in [0.15, 0.2) is 49.1 Å². The predicted octanol–water partition coefficient (Wildman–Crippen LogP) is 4.48. The lowest BCUT2D eigenvalue weighted by Gasteiger charge is -2.41. The minimum atomic E-state index is -0.229. The zero-order valence-corrected chi connectivity index (χ0v) is 25.3. The number of piperazine rings is 1. The quantitative estimate of drug-likeness (QED) is 0.379. The number of ether oxygens (including phenoxy) is 1. The van der Waals surface area contributed by atoms with Gasteiger partial charge in [-0.3, -0.25) is 4.79 Å². The lowest BCUT2D eigenvalue weighted by molar-refractivity contribution is -0.128. The summed E-state index contributed by atoms with van der Waals surface area (Å²) >= 11 is 0. The first-order valence-electron chi connectivity index (χ1n) is 15.5. The van der Waals surface area contributed by atoms with Crippen molar-refractivity contribution in [3.8, 4) is 12.1 Å². The van der Waals surface area contributed by atoms with Gasteiger partial charge in [0.25, 0.3) is 0 Å². The number of fused-ring (bicyclic) bond motifs is 2. The van der Waals surface area contributed by atoms with Crippen LogP contribution in [0.1, 0.15) is 42.5 Å². The summed E-state index contributed by atoms with van der Waals surface area (Å²) in [5, 5.41) is 12.1. The monoisotopic (exact) mass is 579 g/mol. The molecular formula is C34H41N7O2. The Morgan fingerprint density at radius 1 is 1.07 bits per heavy atom. The fourth-order valence-corrected chi connectivity index (χ4v) is 6.94. The molecule has 0 unspecified atom stereocenters. The smallest absolute Gasteiger partial charge is 0.318 e. The number of aromatic nitrogens is 2. The molecule has 3 aliphatic rings. The molecule has 3 aliphatic heterocycles. The summed E-state index contributed by atoms with van der Waals surface area (Å²) in [7, 11) is 2.15. The highest BCUT2D eigenvalue weighted by Crippen LogP contribution is 2.35. The Morgan fingerprint density at radius 2 is 1.91 bits per heavy atom. The van der Waals surface area contributed by atoms with E-state index in [1.807, 2.05) is 0 Å². The van der Waals surface area contributed by atoms with E-state index in [0.29, 0.717) is 44.8 Å². The molecule has 3 aromatic rings. The zero-order valence-electron chi connectivity index (χ0n) is 25.3. The third-order valence-electron chi connectivity index (χ3n) is 9.35. The van der Waals surface area contributed by atoms with Crippen LogP contribution >= 0.6 is 0 Å². The van der Waals surface area contributed by atoms with Crippen molar-refractivity contribution in [2.24, 2.45) is 0 Å². The molecule has 43 heavy (non-hydrogen) atoms. The van der Waals surface area contributed by atoms with Gasteiger partial charge in [-0.1, -0.05) is 36.9 Å². The van der Waals surface area contributed by atoms with Crippen LogP contribution in [0.4, 0.5) is 11.5 Å². The Hall–Kier alpha value is -4.16. The van der Waals surface area contributed by atoms with Gasteiger partial charge < -0.3 is 24.3 Å². The highest BCUT2D eigenvalue weighted by atomic mass is 16.5. The number of amides is 1. The molecule has 6 rings (SSSR count). The SMILES string of the molecule is C=CC(=O)N1CCN(c2nc(OC[C@@H]3CCCN3C)nc3c2CCCN(c2cccc4c(C)cccc24)C3)C[C@@H]1CC#N. The average Bonchev–Trinajstić information content (AvgIpc) is 3.31. The maximum absolute atomic E-state index is 12.6. The van der Waals surface area contributed by atoms with Gasteiger partial charge >= 0.3 is 6.01 Å². The van der Waals surface area contributed by atoms with Gasteiger partial charge in [0.05, 0.1) is 30.8 Å². The Kier molecular flexibility index (Phi) is 8.48. The number of aryl methyl sites for hydroxylation is 1. The van der Waals surface area contributed by atoms with E-state index >= 15 is 0 Å². The molecule has 0 N–H and O–H groups in total. The summed E-state index contributed by atoms with van der Waals surface area (Å²) in [6.45, 7) is 10.7. The number of hydrogen-bond acceptors (Lipinski definition) is 8. The predicted molar refractivity (Wildman–Crippen MR) is 169 cm³/mol. The van der Waals surface area contributed by atoms with E-state index in [1.54, 1.807) is 4.90 Å². The fourth-order valence-electron chi connectivity index (χ4n) is 6.94. The van der Waals surface area contributed by atoms with Gasteiger partial charge in [-0.25, -0.2) is 0 Å². The second-order valence-electron chi connectivity index (χ2n) is 12.0. The van der Waals surface area contributed by atoms with Crippen LogP contribution in [0.3, 0.4) is 0 Å². The van der Waals surface area contributed by atoms with Crippen molar-refractivity contribution in [1.29, 1.82) is 5.26 Å². The number of benzene rings is 2. The van der Waals surface area contributed by atoms with Crippen molar-refractivity contribution in [2.45, 2.75) is 57.7 Å². The van der Waals surface area contributed by atoms with Crippen LogP contribution in [0.5, 0.6) is 6.01 Å². The Balaban J connectivity index is 1.36. The van der Waals surface area contributed by atoms with Gasteiger partial charge in [0.1, 0.15) is 12.4 Å². The standard InChI is InChI=1S/C34H41N7O2/c1-4-32(42)41-20-19-40(21-25(41)15-16-35)33-29-13-8-18-39(31-14-6-11-27-24(2)9-5-12-28(27)31)22-30(29)36-34(37-33)43-23-26-10-7-17-38(26)3/h4-6,9,11-12,14,25-26H,1,7-8,10,13,15,17-23H2,2-3H3/t25-,26-/m0/s1. The van der Waals surface area contributed by atoms with Gasteiger partial charge in [0, 0.05) is 48.9 Å². The van der Waals surface area contributed by atoms with E-state index < -0.39 is 0 Å². The molecule has 1 amide bonds. The number of nitrogens with zero attached hydrogens (tertiary/aromatic N) is 7. The van der Waals surface area contributed by atoms with Crippen molar-refractivity contribution in [3.05, 3.63) is 65.9 Å². The molecule has 0 radical (unpaired) electrons. The van der Waals surface area contributed by atoms with Crippen LogP contribution in [-0.2, 0) is 17.8 Å². The van der Waals surface area contributed by atoms with Crippen molar-refractivity contribution in [1.82, 2.24) is 19.8 Å². The van der Waals surface area contributed by atoms with Crippen molar-refractivity contribution in [3.63, 3.8) is 0 Å². The van der Waals surface area contributed by atoms with Gasteiger partial charge in [0.15, 0.2) is 0 Å². The summed E-state index contributed by atoms with van der Waals surface area (Å²) in [6, 6.07) is 15.9. The normalized spacial score (nSPS) is 20.9. The summed E-state index contributed by atoms with van der Waals surface area (Å²) < 4.78 is 6.34. The summed E-state index contributed by atoms with van der Waals surface area (Å²) in [5.74, 6) is 0.746. The molecule has 2 aromatic carbocycles. The fraction of sp³-hybridized carbons (Fsp3) is 0.471. The second-order valence-corrected chi connectivity index (χ2v) is 12.0. The topological polar surface area (TPSA) is 88.8 Å². The van der Waals surface area contributed by atoms with Gasteiger partial charge in [0.2, 0.25) is 5.91 Å². The van der Waals surface area contributed by atoms with E-state index in [9.17, 15) is 10.1 Å². The van der Waals surface area contributed by atoms with Crippen LogP contribution in [0, 0.1) is 18.3 Å². The van der Waals surface area contributed by atoms with Crippen LogP contribution < -0.4 is 14.5 Å². The van der Waals surface area contributed by atoms with E-state index in [-0.39, 0.29) is 18.4 Å². The molecule has 0 bridgehead atoms. The summed E-state index contributed by atoms with van der Waals surface area (Å²) in [5.41, 5.74) is 4.62. The van der Waals surface area contributed by atoms with Crippen molar-refractivity contribution in [2.75, 3.05) is 56.2 Å². The zero-order chi connectivity index (χ0) is 29.9. The summed E-state index contributed by atoms with van der Waals surface area (Å²) in [6.07, 6.45) is 5.70. The molecule has 2 saturated heterocycles. The number of likely N-dealkylation sites (N-methyl/N-ethyl adjacent to an activating group) is 1. The first-order chi connectivity index (χ1) is 21.0. The van der Waals surface area contributed by atoms with Crippen LogP contribution in [0.2, 0.25) is 0 Å². The second kappa shape index (κ2) is 12.6. The average molecular weight is 580 g/mol. The van der Waals surface area contributed by atoms with Gasteiger partial charge in [-0.05, 0) is 69.3 Å². The number of anilines is 2. The number of hydrogen-bond donors (Lipinski definition) is 0. The van der Waals surface area contributed by atoms with Crippen LogP contribution in [0.25, 0.3) is 10.8 Å². The highest BCUT2D eigenvalue weighted by molar-refractivity contribution is 5.96. The number of carbonyl (C=O) groups is 1. The first kappa shape index (κ1) is 28.9. The molecule has 2 atom stereocenters. The van der Waals surface area contributed by atoms with Gasteiger partial charge in [-0.2, -0.15) is 15.2 Å². The van der Waals surface area contributed by atoms with Gasteiger partial charge in [-0.15, -0.1) is 0 Å². The number of carbonyl (C=O) groups excluding carboxylic acids is 1. The Bertz CT molecular complexity index is 1550. The molecule has 2 fully saturated rings. The molecule has 0 spiro atoms. The number of likely N-dealkylation sites (tertiary alicyclic amines) is 1. The van der Waals surface area contributed by atoms with Crippen molar-refractivity contribution < 1.29 is 9.53 Å². The molecular weight excluding hydrogens is 538 g/mol. The molecule has 0 aliphatic carbocycles.